The van der Waals surface area contributed by atoms with Gasteiger partial charge in [0.1, 0.15) is 47.6 Å². The summed E-state index contributed by atoms with van der Waals surface area (Å²) in [7, 11) is -15.4. The molecule has 1 aliphatic carbocycles. The molecule has 4 aromatic carbocycles. The molecule has 235 valence electrons. The summed E-state index contributed by atoms with van der Waals surface area (Å²) in [4.78, 5) is -2.42. The van der Waals surface area contributed by atoms with E-state index in [1.165, 1.54) is 12.1 Å². The molecule has 0 fully saturated rings. The van der Waals surface area contributed by atoms with Gasteiger partial charge in [0.15, 0.2) is 0 Å². The van der Waals surface area contributed by atoms with Gasteiger partial charge in [0.05, 0.1) is 14.7 Å². The average Bonchev–Trinajstić information content (AvgIpc) is 2.90. The number of phenols is 4. The van der Waals surface area contributed by atoms with Gasteiger partial charge in [0.2, 0.25) is 0 Å². The zero-order chi connectivity index (χ0) is 32.4. The summed E-state index contributed by atoms with van der Waals surface area (Å²) in [5, 5.41) is 44.4. The quantitative estimate of drug-likeness (QED) is 0.152. The van der Waals surface area contributed by atoms with E-state index in [0.717, 1.165) is 36.4 Å². The molecular weight excluding hydrogens is 729 g/mol. The first-order chi connectivity index (χ1) is 20.3. The molecule has 4 N–H and O–H groups in total. The number of benzene rings is 4. The van der Waals surface area contributed by atoms with Crippen molar-refractivity contribution in [2.24, 2.45) is 0 Å². The molecule has 45 heavy (non-hydrogen) atoms. The van der Waals surface area contributed by atoms with Gasteiger partial charge in [-0.05, 0) is 82.6 Å². The maximum absolute atomic E-state index is 12.0. The van der Waals surface area contributed by atoms with E-state index < -0.39 is 80.9 Å². The molecule has 5 rings (SSSR count). The Hall–Kier alpha value is -3.09. The van der Waals surface area contributed by atoms with Gasteiger partial charge in [-0.2, -0.15) is 18.2 Å². The van der Waals surface area contributed by atoms with E-state index in [2.05, 4.69) is 6.07 Å². The number of rotatable bonds is 3. The van der Waals surface area contributed by atoms with Crippen molar-refractivity contribution in [2.75, 3.05) is 0 Å². The van der Waals surface area contributed by atoms with Crippen molar-refractivity contribution >= 4 is 30.4 Å². The summed E-state index contributed by atoms with van der Waals surface area (Å²) in [6, 6.07) is 10.3. The summed E-state index contributed by atoms with van der Waals surface area (Å²) in [5.74, 6) is -2.19. The van der Waals surface area contributed by atoms with Crippen molar-refractivity contribution < 1.29 is 92.0 Å². The molecule has 0 spiro atoms. The standard InChI is InChI=1S/C28H23O13S3.Y/c29-25-14-2-1-3-15(25)5-17-9-23(43(36,37)38)11-19(27(17)31)7-21-13-24(44(39,40)41)12-20(28(21)32)6-18-10-22(42(33,34)35)8-16(4-14)26(18)30;/h2-3,8-13,29-32H,4-7H2,(H,33,34,35)(H,36,37,38)(H,39,40,41);/q-1;/p-3. The van der Waals surface area contributed by atoms with E-state index >= 15 is 0 Å². The molecule has 0 amide bonds. The van der Waals surface area contributed by atoms with Crippen molar-refractivity contribution in [1.29, 1.82) is 0 Å². The Kier molecular flexibility index (Phi) is 9.48. The predicted molar refractivity (Wildman–Crippen MR) is 146 cm³/mol. The largest absolute Gasteiger partial charge is 0.744 e. The molecule has 13 nitrogen and oxygen atoms in total. The van der Waals surface area contributed by atoms with E-state index in [-0.39, 0.29) is 90.1 Å². The minimum absolute atomic E-state index is 0. The van der Waals surface area contributed by atoms with Crippen LogP contribution < -0.4 is 0 Å². The minimum atomic E-state index is -5.20. The summed E-state index contributed by atoms with van der Waals surface area (Å²) in [6.45, 7) is 0. The van der Waals surface area contributed by atoms with Crippen LogP contribution in [0.25, 0.3) is 0 Å². The summed E-state index contributed by atoms with van der Waals surface area (Å²) in [5.41, 5.74) is -1.39. The second-order valence-corrected chi connectivity index (χ2v) is 14.3. The Morgan fingerprint density at radius 2 is 0.644 bits per heavy atom. The maximum Gasteiger partial charge on any atom is 0.124 e. The smallest absolute Gasteiger partial charge is 0.124 e. The van der Waals surface area contributed by atoms with Crippen molar-refractivity contribution in [3.05, 3.63) is 99.1 Å². The Labute approximate surface area is 283 Å². The molecule has 4 aromatic rings. The van der Waals surface area contributed by atoms with Crippen LogP contribution in [-0.2, 0) is 88.7 Å². The van der Waals surface area contributed by atoms with E-state index in [0.29, 0.717) is 0 Å². The van der Waals surface area contributed by atoms with Crippen LogP contribution in [-0.4, -0.2) is 59.3 Å². The molecule has 0 saturated carbocycles. The van der Waals surface area contributed by atoms with E-state index in [1.54, 1.807) is 0 Å². The number of hydrogen-bond donors (Lipinski definition) is 4. The Morgan fingerprint density at radius 3 is 0.867 bits per heavy atom. The van der Waals surface area contributed by atoms with Crippen LogP contribution in [0.4, 0.5) is 0 Å². The van der Waals surface area contributed by atoms with Gasteiger partial charge >= 0.3 is 0 Å². The van der Waals surface area contributed by atoms with Crippen LogP contribution in [0.15, 0.2) is 63.2 Å². The minimum Gasteiger partial charge on any atom is -0.744 e. The number of aromatic hydroxyl groups is 4. The maximum atomic E-state index is 12.0. The van der Waals surface area contributed by atoms with Crippen LogP contribution in [0.3, 0.4) is 0 Å². The summed E-state index contributed by atoms with van der Waals surface area (Å²) >= 11 is 0. The van der Waals surface area contributed by atoms with Gasteiger partial charge in [-0.25, -0.2) is 25.3 Å². The van der Waals surface area contributed by atoms with E-state index in [9.17, 15) is 59.3 Å². The normalized spacial score (nSPS) is 13.6. The van der Waals surface area contributed by atoms with Gasteiger partial charge in [0.25, 0.3) is 0 Å². The van der Waals surface area contributed by atoms with Crippen LogP contribution in [0.1, 0.15) is 44.5 Å². The van der Waals surface area contributed by atoms with E-state index in [4.69, 9.17) is 0 Å². The first-order valence-electron chi connectivity index (χ1n) is 12.5. The van der Waals surface area contributed by atoms with Crippen LogP contribution in [0.2, 0.25) is 0 Å². The van der Waals surface area contributed by atoms with Crippen LogP contribution >= 0.6 is 0 Å². The number of fused-ring (bicyclic) bond motifs is 8. The number of hydrogen-bond acceptors (Lipinski definition) is 13. The van der Waals surface area contributed by atoms with Gasteiger partial charge in [-0.1, -0.05) is 0 Å². The third-order valence-electron chi connectivity index (χ3n) is 7.24. The first kappa shape index (κ1) is 34.8. The van der Waals surface area contributed by atoms with Crippen molar-refractivity contribution in [1.82, 2.24) is 0 Å². The first-order valence-corrected chi connectivity index (χ1v) is 16.7. The molecule has 1 radical (unpaired) electrons. The second-order valence-electron chi connectivity index (χ2n) is 10.2. The van der Waals surface area contributed by atoms with E-state index in [1.807, 2.05) is 0 Å². The SMILES string of the molecule is O=S(=O)([O-])c1cc2c(O)c(c1)Cc1cc(S(=O)(=O)[O-])cc(c1O)Cc1cc(S(=O)(=O)[O-])cc(c1O)Cc1c[c-]cc(c1O)C2.[Y]. The van der Waals surface area contributed by atoms with Gasteiger partial charge in [-0.3, -0.25) is 0 Å². The monoisotopic (exact) mass is 749 g/mol. The molecule has 0 atom stereocenters. The molecule has 0 aromatic heterocycles. The fourth-order valence-electron chi connectivity index (χ4n) is 5.10. The van der Waals surface area contributed by atoms with Crippen LogP contribution in [0, 0.1) is 6.07 Å². The fraction of sp³-hybridized carbons (Fsp3) is 0.143. The molecule has 0 saturated heterocycles. The predicted octanol–water partition coefficient (Wildman–Crippen LogP) is 1.70. The molecule has 0 unspecified atom stereocenters. The summed E-state index contributed by atoms with van der Waals surface area (Å²) < 4.78 is 108. The van der Waals surface area contributed by atoms with Crippen LogP contribution in [0.5, 0.6) is 23.0 Å². The molecule has 8 bridgehead atoms. The summed E-state index contributed by atoms with van der Waals surface area (Å²) in [6.07, 6.45) is -1.99. The number of phenolic OH excluding ortho intramolecular Hbond substituents is 4. The van der Waals surface area contributed by atoms with Gasteiger partial charge in [-0.15, -0.1) is 11.1 Å². The Balaban J connectivity index is 0.00000461. The third kappa shape index (κ3) is 7.18. The molecule has 17 heteroatoms. The third-order valence-corrected chi connectivity index (χ3v) is 9.68. The van der Waals surface area contributed by atoms with Gasteiger partial charge < -0.3 is 34.1 Å². The van der Waals surface area contributed by atoms with Crippen molar-refractivity contribution in [3.63, 3.8) is 0 Å². The van der Waals surface area contributed by atoms with Crippen molar-refractivity contribution in [2.45, 2.75) is 40.4 Å². The fourth-order valence-corrected chi connectivity index (χ4v) is 6.82. The molecule has 1 aliphatic rings. The molecule has 0 aliphatic heterocycles. The molecular formula is C28H20O13S3Y-4. The zero-order valence-electron chi connectivity index (χ0n) is 22.7. The zero-order valence-corrected chi connectivity index (χ0v) is 28.0. The Morgan fingerprint density at radius 1 is 0.444 bits per heavy atom. The van der Waals surface area contributed by atoms with Gasteiger partial charge in [0, 0.05) is 51.3 Å². The Bertz CT molecular complexity index is 2060. The average molecular weight is 750 g/mol. The van der Waals surface area contributed by atoms with Crippen molar-refractivity contribution in [3.8, 4) is 23.0 Å². The second kappa shape index (κ2) is 12.3. The molecule has 0 heterocycles. The topological polar surface area (TPSA) is 253 Å².